The van der Waals surface area contributed by atoms with Crippen molar-refractivity contribution in [1.29, 1.82) is 5.26 Å². The molecular formula is C19H33N2S. The molecule has 0 spiro atoms. The largest absolute Gasteiger partial charge is 0.304 e. The molecule has 0 bridgehead atoms. The molecule has 0 heterocycles. The highest BCUT2D eigenvalue weighted by Gasteiger charge is 2.11. The Morgan fingerprint density at radius 2 is 1.59 bits per heavy atom. The van der Waals surface area contributed by atoms with Crippen molar-refractivity contribution in [3.8, 4) is 6.07 Å². The van der Waals surface area contributed by atoms with E-state index >= 15 is 0 Å². The number of hydrogen-bond acceptors (Lipinski definition) is 3. The number of nitriles is 1. The summed E-state index contributed by atoms with van der Waals surface area (Å²) in [5.41, 5.74) is 1.20. The standard InChI is InChI=1S/C11H15S.C6H15N.C2H3N/c1-9-5-7-10(8-6-9)12-11(2,3)4;1-4-7(5-2)6-3;1-2-3/h5,7-8H,1-4H3;4-6H2,1-3H3;1H3. The lowest BCUT2D eigenvalue weighted by atomic mass is 10.2. The Bertz CT molecular complexity index is 389. The van der Waals surface area contributed by atoms with E-state index in [0.29, 0.717) is 4.75 Å². The third kappa shape index (κ3) is 15.4. The van der Waals surface area contributed by atoms with Gasteiger partial charge in [-0.15, -0.1) is 11.8 Å². The zero-order valence-corrected chi connectivity index (χ0v) is 16.5. The summed E-state index contributed by atoms with van der Waals surface area (Å²) in [5, 5.41) is 7.32. The Morgan fingerprint density at radius 3 is 1.82 bits per heavy atom. The van der Waals surface area contributed by atoms with Crippen LogP contribution in [-0.4, -0.2) is 29.3 Å². The quantitative estimate of drug-likeness (QED) is 0.679. The van der Waals surface area contributed by atoms with Gasteiger partial charge in [-0.05, 0) is 50.3 Å². The predicted octanol–water partition coefficient (Wildman–Crippen LogP) is 5.56. The average molecular weight is 322 g/mol. The van der Waals surface area contributed by atoms with Gasteiger partial charge in [0, 0.05) is 16.6 Å². The maximum atomic E-state index is 7.32. The maximum Gasteiger partial charge on any atom is 0.0587 e. The molecule has 1 aromatic carbocycles. The molecule has 0 atom stereocenters. The van der Waals surface area contributed by atoms with Crippen LogP contribution >= 0.6 is 11.8 Å². The Morgan fingerprint density at radius 1 is 1.14 bits per heavy atom. The SMILES string of the molecule is CC#N.CCN(CC)CC.Cc1[c]cc(SC(C)(C)C)cc1. The van der Waals surface area contributed by atoms with Gasteiger partial charge in [-0.2, -0.15) is 5.26 Å². The van der Waals surface area contributed by atoms with E-state index in [9.17, 15) is 0 Å². The second kappa shape index (κ2) is 13.7. The molecule has 0 aliphatic rings. The van der Waals surface area contributed by atoms with Gasteiger partial charge in [0.2, 0.25) is 0 Å². The third-order valence-corrected chi connectivity index (χ3v) is 3.81. The normalized spacial score (nSPS) is 10.0. The molecule has 1 radical (unpaired) electrons. The fraction of sp³-hybridized carbons (Fsp3) is 0.632. The first kappa shape index (κ1) is 23.3. The first-order valence-electron chi connectivity index (χ1n) is 7.94. The Balaban J connectivity index is 0. The second-order valence-corrected chi connectivity index (χ2v) is 7.67. The predicted molar refractivity (Wildman–Crippen MR) is 100 cm³/mol. The molecule has 125 valence electrons. The van der Waals surface area contributed by atoms with Crippen molar-refractivity contribution >= 4 is 11.8 Å². The number of benzene rings is 1. The lowest BCUT2D eigenvalue weighted by Gasteiger charge is -2.17. The maximum absolute atomic E-state index is 7.32. The molecule has 0 aliphatic carbocycles. The van der Waals surface area contributed by atoms with Crippen LogP contribution < -0.4 is 0 Å². The molecule has 0 amide bonds. The second-order valence-electron chi connectivity index (χ2n) is 5.76. The van der Waals surface area contributed by atoms with Crippen molar-refractivity contribution in [2.24, 2.45) is 0 Å². The van der Waals surface area contributed by atoms with Gasteiger partial charge >= 0.3 is 0 Å². The summed E-state index contributed by atoms with van der Waals surface area (Å²) in [4.78, 5) is 3.67. The van der Waals surface area contributed by atoms with E-state index in [2.05, 4.69) is 77.6 Å². The lowest BCUT2D eigenvalue weighted by molar-refractivity contribution is 0.321. The summed E-state index contributed by atoms with van der Waals surface area (Å²) in [6.07, 6.45) is 0. The highest BCUT2D eigenvalue weighted by Crippen LogP contribution is 2.31. The molecule has 0 saturated heterocycles. The minimum atomic E-state index is 0.295. The van der Waals surface area contributed by atoms with Gasteiger partial charge in [-0.3, -0.25) is 0 Å². The van der Waals surface area contributed by atoms with Gasteiger partial charge in [0.15, 0.2) is 0 Å². The van der Waals surface area contributed by atoms with Crippen molar-refractivity contribution in [2.45, 2.75) is 65.0 Å². The summed E-state index contributed by atoms with van der Waals surface area (Å²) in [6.45, 7) is 20.3. The van der Waals surface area contributed by atoms with Gasteiger partial charge < -0.3 is 4.90 Å². The van der Waals surface area contributed by atoms with E-state index in [1.54, 1.807) is 6.07 Å². The molecule has 3 heteroatoms. The van der Waals surface area contributed by atoms with Crippen LogP contribution in [0.5, 0.6) is 0 Å². The monoisotopic (exact) mass is 321 g/mol. The first-order chi connectivity index (χ1) is 10.2. The molecule has 2 nitrogen and oxygen atoms in total. The Hall–Kier alpha value is -0.980. The number of nitrogens with zero attached hydrogens (tertiary/aromatic N) is 2. The molecular weight excluding hydrogens is 288 g/mol. The summed E-state index contributed by atoms with van der Waals surface area (Å²) >= 11 is 1.88. The van der Waals surface area contributed by atoms with Crippen LogP contribution in [0.3, 0.4) is 0 Å². The minimum absolute atomic E-state index is 0.295. The van der Waals surface area contributed by atoms with Crippen LogP contribution in [0.15, 0.2) is 23.1 Å². The van der Waals surface area contributed by atoms with Gasteiger partial charge in [0.1, 0.15) is 0 Å². The zero-order valence-electron chi connectivity index (χ0n) is 15.7. The van der Waals surface area contributed by atoms with Gasteiger partial charge in [-0.1, -0.05) is 47.6 Å². The molecule has 1 rings (SSSR count). The van der Waals surface area contributed by atoms with Gasteiger partial charge in [0.05, 0.1) is 6.07 Å². The average Bonchev–Trinajstić information content (AvgIpc) is 2.43. The molecule has 0 saturated carbocycles. The van der Waals surface area contributed by atoms with Crippen LogP contribution in [0.2, 0.25) is 0 Å². The van der Waals surface area contributed by atoms with Crippen LogP contribution in [0.25, 0.3) is 0 Å². The summed E-state index contributed by atoms with van der Waals surface area (Å²) < 4.78 is 0.295. The number of hydrogen-bond donors (Lipinski definition) is 0. The summed E-state index contributed by atoms with van der Waals surface area (Å²) in [5.74, 6) is 0. The van der Waals surface area contributed by atoms with E-state index < -0.39 is 0 Å². The van der Waals surface area contributed by atoms with Gasteiger partial charge in [0.25, 0.3) is 0 Å². The molecule has 0 unspecified atom stereocenters. The molecule has 0 aliphatic heterocycles. The van der Waals surface area contributed by atoms with E-state index in [-0.39, 0.29) is 0 Å². The Kier molecular flexibility index (Phi) is 14.5. The van der Waals surface area contributed by atoms with Gasteiger partial charge in [-0.25, -0.2) is 0 Å². The molecule has 1 aromatic rings. The first-order valence-corrected chi connectivity index (χ1v) is 8.76. The van der Waals surface area contributed by atoms with Crippen LogP contribution in [-0.2, 0) is 0 Å². The van der Waals surface area contributed by atoms with Crippen LogP contribution in [0.1, 0.15) is 54.0 Å². The molecule has 22 heavy (non-hydrogen) atoms. The van der Waals surface area contributed by atoms with E-state index in [4.69, 9.17) is 5.26 Å². The summed E-state index contributed by atoms with van der Waals surface area (Å²) in [6, 6.07) is 11.3. The van der Waals surface area contributed by atoms with Crippen molar-refractivity contribution < 1.29 is 0 Å². The molecule has 0 fully saturated rings. The zero-order chi connectivity index (χ0) is 17.6. The highest BCUT2D eigenvalue weighted by molar-refractivity contribution is 8.00. The topological polar surface area (TPSA) is 27.0 Å². The van der Waals surface area contributed by atoms with E-state index in [1.807, 2.05) is 11.8 Å². The van der Waals surface area contributed by atoms with Crippen LogP contribution in [0, 0.1) is 24.3 Å². The number of aryl methyl sites for hydroxylation is 1. The fourth-order valence-corrected chi connectivity index (χ4v) is 2.54. The van der Waals surface area contributed by atoms with Crippen LogP contribution in [0.4, 0.5) is 0 Å². The van der Waals surface area contributed by atoms with Crippen molar-refractivity contribution in [3.05, 3.63) is 29.8 Å². The molecule has 0 N–H and O–H groups in total. The van der Waals surface area contributed by atoms with Crippen molar-refractivity contribution in [3.63, 3.8) is 0 Å². The molecule has 0 aromatic heterocycles. The smallest absolute Gasteiger partial charge is 0.0587 e. The summed E-state index contributed by atoms with van der Waals surface area (Å²) in [7, 11) is 0. The van der Waals surface area contributed by atoms with E-state index in [0.717, 1.165) is 0 Å². The fourth-order valence-electron chi connectivity index (χ4n) is 1.58. The number of rotatable bonds is 4. The minimum Gasteiger partial charge on any atom is -0.304 e. The van der Waals surface area contributed by atoms with Crippen molar-refractivity contribution in [2.75, 3.05) is 19.6 Å². The van der Waals surface area contributed by atoms with E-state index in [1.165, 1.54) is 37.0 Å². The number of thioether (sulfide) groups is 1. The highest BCUT2D eigenvalue weighted by atomic mass is 32.2. The third-order valence-electron chi connectivity index (χ3n) is 2.71. The Labute approximate surface area is 142 Å². The lowest BCUT2D eigenvalue weighted by Crippen LogP contribution is -2.21. The van der Waals surface area contributed by atoms with Crippen molar-refractivity contribution in [1.82, 2.24) is 4.90 Å².